The van der Waals surface area contributed by atoms with Gasteiger partial charge in [-0.05, 0) is 51.4 Å². The van der Waals surface area contributed by atoms with E-state index in [-0.39, 0.29) is 19.4 Å². The van der Waals surface area contributed by atoms with Crippen molar-refractivity contribution in [1.29, 1.82) is 0 Å². The normalized spacial score (nSPS) is 25.2. The third kappa shape index (κ3) is 32.0. The third-order valence-corrected chi connectivity index (χ3v) is 13.5. The molecule has 2 heterocycles. The van der Waals surface area contributed by atoms with Crippen molar-refractivity contribution in [3.63, 3.8) is 0 Å². The maximum Gasteiger partial charge on any atom is 0.306 e. The zero-order valence-electron chi connectivity index (χ0n) is 45.1. The fourth-order valence-electron chi connectivity index (χ4n) is 8.86. The number of ether oxygens (including phenoxy) is 6. The number of aliphatic hydroxyl groups is 7. The van der Waals surface area contributed by atoms with Gasteiger partial charge in [-0.25, -0.2) is 0 Å². The average molecular weight is 1040 g/mol. The molecule has 73 heavy (non-hydrogen) atoms. The lowest BCUT2D eigenvalue weighted by atomic mass is 9.98. The van der Waals surface area contributed by atoms with Gasteiger partial charge in [-0.2, -0.15) is 0 Å². The van der Waals surface area contributed by atoms with E-state index in [2.05, 4.69) is 62.5 Å². The molecule has 0 saturated carbocycles. The van der Waals surface area contributed by atoms with E-state index in [4.69, 9.17) is 28.4 Å². The molecule has 2 aliphatic heterocycles. The maximum atomic E-state index is 13.0. The van der Waals surface area contributed by atoms with Crippen LogP contribution in [0.25, 0.3) is 0 Å². The summed E-state index contributed by atoms with van der Waals surface area (Å²) >= 11 is 0. The summed E-state index contributed by atoms with van der Waals surface area (Å²) < 4.78 is 33.6. The maximum absolute atomic E-state index is 13.0. The molecule has 0 aromatic heterocycles. The predicted molar refractivity (Wildman–Crippen MR) is 284 cm³/mol. The molecule has 15 nitrogen and oxygen atoms in total. The molecular formula is C58H102O15. The third-order valence-electron chi connectivity index (χ3n) is 13.5. The van der Waals surface area contributed by atoms with Crippen LogP contribution in [0.1, 0.15) is 213 Å². The Morgan fingerprint density at radius 3 is 1.34 bits per heavy atom. The topological polar surface area (TPSA) is 231 Å². The molecule has 2 fully saturated rings. The van der Waals surface area contributed by atoms with Crippen LogP contribution in [0, 0.1) is 0 Å². The Morgan fingerprint density at radius 1 is 0.438 bits per heavy atom. The lowest BCUT2D eigenvalue weighted by Crippen LogP contribution is -2.61. The Morgan fingerprint density at radius 2 is 0.849 bits per heavy atom. The number of hydrogen-bond acceptors (Lipinski definition) is 15. The van der Waals surface area contributed by atoms with Gasteiger partial charge in [0.05, 0.1) is 19.8 Å². The first kappa shape index (κ1) is 66.6. The molecular weight excluding hydrogens is 937 g/mol. The van der Waals surface area contributed by atoms with Crippen LogP contribution < -0.4 is 0 Å². The molecule has 424 valence electrons. The Hall–Kier alpha value is -2.54. The zero-order chi connectivity index (χ0) is 53.2. The minimum atomic E-state index is -1.77. The number of unbranched alkanes of at least 4 members (excludes halogenated alkanes) is 23. The summed E-state index contributed by atoms with van der Waals surface area (Å²) in [6.07, 6.45) is 34.2. The fourth-order valence-corrected chi connectivity index (χ4v) is 8.86. The lowest BCUT2D eigenvalue weighted by molar-refractivity contribution is -0.332. The molecule has 11 atom stereocenters. The number of carbonyl (C=O) groups is 2. The van der Waals surface area contributed by atoms with Crippen LogP contribution in [-0.4, -0.2) is 142 Å². The molecule has 0 radical (unpaired) electrons. The van der Waals surface area contributed by atoms with Gasteiger partial charge < -0.3 is 64.2 Å². The zero-order valence-corrected chi connectivity index (χ0v) is 45.1. The highest BCUT2D eigenvalue weighted by molar-refractivity contribution is 5.70. The molecule has 0 bridgehead atoms. The van der Waals surface area contributed by atoms with Gasteiger partial charge in [0.25, 0.3) is 0 Å². The Kier molecular flexibility index (Phi) is 40.6. The molecule has 7 N–H and O–H groups in total. The summed E-state index contributed by atoms with van der Waals surface area (Å²) in [7, 11) is 0. The molecule has 0 spiro atoms. The van der Waals surface area contributed by atoms with Crippen LogP contribution >= 0.6 is 0 Å². The molecule has 2 saturated heterocycles. The lowest BCUT2D eigenvalue weighted by Gasteiger charge is -2.42. The minimum absolute atomic E-state index is 0.128. The van der Waals surface area contributed by atoms with E-state index in [1.165, 1.54) is 109 Å². The number of aliphatic hydroxyl groups excluding tert-OH is 7. The first-order valence-electron chi connectivity index (χ1n) is 28.7. The smallest absolute Gasteiger partial charge is 0.306 e. The van der Waals surface area contributed by atoms with Crippen LogP contribution in [0.5, 0.6) is 0 Å². The molecule has 0 aliphatic carbocycles. The van der Waals surface area contributed by atoms with E-state index in [1.807, 2.05) is 0 Å². The Bertz CT molecular complexity index is 1450. The highest BCUT2D eigenvalue weighted by atomic mass is 16.7. The van der Waals surface area contributed by atoms with Crippen LogP contribution in [0.4, 0.5) is 0 Å². The quantitative estimate of drug-likeness (QED) is 0.0171. The monoisotopic (exact) mass is 1040 g/mol. The summed E-state index contributed by atoms with van der Waals surface area (Å²) in [5.41, 5.74) is 0. The molecule has 0 aromatic rings. The summed E-state index contributed by atoms with van der Waals surface area (Å²) in [6, 6.07) is 0. The SMILES string of the molecule is CCC/C=C/C/C=C/C/C=C/C/C=C/CCCCCC(=O)O[C@@H](COC(=O)CCCCCCCCCCCCCCCCCCCCCC)CO[C@@H]1O[C@H](CO[C@@H]2O[C@H](CO)[C@H](O)C(O)C2O)[C@H](O)C(O)C1O. The van der Waals surface area contributed by atoms with Gasteiger partial charge in [0.2, 0.25) is 0 Å². The molecule has 0 aromatic carbocycles. The number of esters is 2. The number of hydrogen-bond donors (Lipinski definition) is 7. The predicted octanol–water partition coefficient (Wildman–Crippen LogP) is 9.44. The highest BCUT2D eigenvalue weighted by Gasteiger charge is 2.47. The second-order valence-electron chi connectivity index (χ2n) is 20.1. The van der Waals surface area contributed by atoms with Crippen molar-refractivity contribution in [3.05, 3.63) is 48.6 Å². The average Bonchev–Trinajstić information content (AvgIpc) is 3.38. The first-order chi connectivity index (χ1) is 35.5. The summed E-state index contributed by atoms with van der Waals surface area (Å²) in [4.78, 5) is 25.9. The Balaban J connectivity index is 1.77. The van der Waals surface area contributed by atoms with Crippen molar-refractivity contribution >= 4 is 11.9 Å². The van der Waals surface area contributed by atoms with E-state index in [0.717, 1.165) is 64.2 Å². The second kappa shape index (κ2) is 44.6. The van der Waals surface area contributed by atoms with Crippen LogP contribution in [0.3, 0.4) is 0 Å². The largest absolute Gasteiger partial charge is 0.462 e. The van der Waals surface area contributed by atoms with Crippen molar-refractivity contribution in [2.75, 3.05) is 26.4 Å². The van der Waals surface area contributed by atoms with E-state index < -0.39 is 99.3 Å². The van der Waals surface area contributed by atoms with Crippen LogP contribution in [-0.2, 0) is 38.0 Å². The van der Waals surface area contributed by atoms with E-state index in [0.29, 0.717) is 12.8 Å². The first-order valence-corrected chi connectivity index (χ1v) is 28.7. The number of carbonyl (C=O) groups excluding carboxylic acids is 2. The van der Waals surface area contributed by atoms with Gasteiger partial charge in [-0.3, -0.25) is 9.59 Å². The van der Waals surface area contributed by atoms with E-state index in [9.17, 15) is 45.3 Å². The summed E-state index contributed by atoms with van der Waals surface area (Å²) in [5, 5.41) is 72.2. The number of rotatable bonds is 45. The molecule has 0 amide bonds. The van der Waals surface area contributed by atoms with Crippen LogP contribution in [0.2, 0.25) is 0 Å². The summed E-state index contributed by atoms with van der Waals surface area (Å²) in [5.74, 6) is -0.954. The van der Waals surface area contributed by atoms with Gasteiger partial charge >= 0.3 is 11.9 Å². The Labute approximate surface area is 439 Å². The number of allylic oxidation sites excluding steroid dienone is 8. The fraction of sp³-hybridized carbons (Fsp3) is 0.828. The van der Waals surface area contributed by atoms with Gasteiger partial charge in [0, 0.05) is 12.8 Å². The molecule has 4 unspecified atom stereocenters. The molecule has 2 rings (SSSR count). The van der Waals surface area contributed by atoms with Gasteiger partial charge in [-0.1, -0.05) is 197 Å². The van der Waals surface area contributed by atoms with E-state index >= 15 is 0 Å². The van der Waals surface area contributed by atoms with Crippen molar-refractivity contribution < 1.29 is 73.8 Å². The second-order valence-corrected chi connectivity index (χ2v) is 20.1. The molecule has 2 aliphatic rings. The van der Waals surface area contributed by atoms with Gasteiger partial charge in [0.15, 0.2) is 18.7 Å². The van der Waals surface area contributed by atoms with Crippen molar-refractivity contribution in [2.24, 2.45) is 0 Å². The van der Waals surface area contributed by atoms with Crippen LogP contribution in [0.15, 0.2) is 48.6 Å². The van der Waals surface area contributed by atoms with Crippen molar-refractivity contribution in [3.8, 4) is 0 Å². The van der Waals surface area contributed by atoms with Crippen molar-refractivity contribution in [2.45, 2.75) is 280 Å². The minimum Gasteiger partial charge on any atom is -0.462 e. The van der Waals surface area contributed by atoms with Gasteiger partial charge in [0.1, 0.15) is 55.4 Å². The standard InChI is InChI=1S/C58H102O15/c1-3-5-7-9-11-13-15-17-19-21-22-23-25-26-28-30-32-34-36-38-40-49(60)68-43-46(71-50(61)41-39-37-35-33-31-29-27-24-20-18-16-14-12-10-8-6-4-2)44-69-57-56(67)54(65)52(63)48(73-57)45-70-58-55(66)53(64)51(62)47(42-59)72-58/h8,10,14,16,20,24,29,31,46-48,51-59,62-67H,3-7,9,11-13,15,17-19,21-23,25-28,30,32-45H2,1-2H3/b10-8+,16-14+,24-20+,31-29+/t46-,47+,48+,51-,52-,53?,54?,55?,56?,57+,58+/m0/s1. The van der Waals surface area contributed by atoms with Gasteiger partial charge in [-0.15, -0.1) is 0 Å². The summed E-state index contributed by atoms with van der Waals surface area (Å²) in [6.45, 7) is 2.52. The van der Waals surface area contributed by atoms with E-state index in [1.54, 1.807) is 0 Å². The van der Waals surface area contributed by atoms with Crippen molar-refractivity contribution in [1.82, 2.24) is 0 Å². The highest BCUT2D eigenvalue weighted by Crippen LogP contribution is 2.27. The molecule has 15 heteroatoms.